The summed E-state index contributed by atoms with van der Waals surface area (Å²) in [5.74, 6) is 7.17. The molecule has 0 aliphatic carbocycles. The number of carboxylic acids is 1. The fourth-order valence-corrected chi connectivity index (χ4v) is 13.6. The van der Waals surface area contributed by atoms with E-state index in [9.17, 15) is 24.0 Å². The van der Waals surface area contributed by atoms with Crippen molar-refractivity contribution in [3.63, 3.8) is 0 Å². The van der Waals surface area contributed by atoms with Gasteiger partial charge in [-0.15, -0.1) is 0 Å². The molecule has 0 atom stereocenters. The summed E-state index contributed by atoms with van der Waals surface area (Å²) in [4.78, 5) is 68.7. The number of Topliss-reactive ketones (excluding diaryl/α,β-unsaturated/α-hetero) is 1. The molecule has 0 radical (unpaired) electrons. The van der Waals surface area contributed by atoms with Gasteiger partial charge >= 0.3 is 12.1 Å². The van der Waals surface area contributed by atoms with Crippen molar-refractivity contribution in [2.45, 2.75) is 117 Å². The number of carbonyl (C=O) groups excluding carboxylic acids is 4. The predicted molar refractivity (Wildman–Crippen MR) is 420 cm³/mol. The van der Waals surface area contributed by atoms with Crippen LogP contribution in [0.2, 0.25) is 0 Å². The number of pyridine rings is 3. The molecule has 0 spiro atoms. The van der Waals surface area contributed by atoms with Gasteiger partial charge in [-0.1, -0.05) is 209 Å². The van der Waals surface area contributed by atoms with E-state index in [1.165, 1.54) is 0 Å². The zero-order valence-electron chi connectivity index (χ0n) is 55.8. The van der Waals surface area contributed by atoms with Crippen LogP contribution in [0.4, 0.5) is 4.79 Å². The Balaban J connectivity index is 0. The Kier molecular flexibility index (Phi) is 70.6. The molecule has 3 heterocycles. The molecule has 17 nitrogen and oxygen atoms in total. The Morgan fingerprint density at radius 1 is 0.468 bits per heavy atom. The lowest BCUT2D eigenvalue weighted by molar-refractivity contribution is -0.136. The van der Waals surface area contributed by atoms with Crippen LogP contribution < -0.4 is 38.9 Å². The largest absolute Gasteiger partial charge is 0.481 e. The third kappa shape index (κ3) is 74.8. The molecule has 0 aromatic carbocycles. The van der Waals surface area contributed by atoms with Gasteiger partial charge in [0.25, 0.3) is 0 Å². The van der Waals surface area contributed by atoms with E-state index in [2.05, 4.69) is 98.6 Å². The van der Waals surface area contributed by atoms with Gasteiger partial charge in [0.15, 0.2) is 0 Å². The quantitative estimate of drug-likeness (QED) is 0.0148. The molecule has 524 valence electrons. The van der Waals surface area contributed by atoms with Gasteiger partial charge in [0, 0.05) is 155 Å². The molecule has 25 heteroatoms. The molecule has 3 aromatic heterocycles. The number of carboxylic acid groups (broad SMARTS) is 1. The van der Waals surface area contributed by atoms with Crippen molar-refractivity contribution in [1.82, 2.24) is 30.9 Å². The molecule has 0 unspecified atom stereocenters. The number of nitrogens with zero attached hydrogens (tertiary/aromatic N) is 3. The maximum absolute atomic E-state index is 12.1. The smallest absolute Gasteiger partial charge is 0.407 e. The van der Waals surface area contributed by atoms with Crippen molar-refractivity contribution in [3.05, 3.63) is 169 Å². The maximum Gasteiger partial charge on any atom is 0.407 e. The lowest BCUT2D eigenvalue weighted by atomic mass is 10.1. The average molecular weight is 1450 g/mol. The van der Waals surface area contributed by atoms with E-state index < -0.39 is 11.6 Å². The number of nitrogens with two attached hydrogens (primary N) is 4. The normalized spacial score (nSPS) is 11.4. The molecule has 3 aromatic rings. The topological polar surface area (TPSA) is 294 Å². The Morgan fingerprint density at radius 2 is 0.819 bits per heavy atom. The monoisotopic (exact) mass is 1440 g/mol. The number of hydrogen-bond acceptors (Lipinski definition) is 21. The molecule has 12 N–H and O–H groups in total. The first-order valence-corrected chi connectivity index (χ1v) is 41.6. The van der Waals surface area contributed by atoms with E-state index in [1.54, 1.807) is 142 Å². The highest BCUT2D eigenvalue weighted by Crippen LogP contribution is 2.23. The van der Waals surface area contributed by atoms with Crippen molar-refractivity contribution in [2.24, 2.45) is 22.9 Å². The zero-order valence-corrected chi connectivity index (χ0v) is 62.3. The van der Waals surface area contributed by atoms with Crippen LogP contribution in [0.25, 0.3) is 18.2 Å². The Hall–Kier alpha value is -4.64. The highest BCUT2D eigenvalue weighted by molar-refractivity contribution is 8.77. The summed E-state index contributed by atoms with van der Waals surface area (Å²) in [6.07, 6.45) is 52.9. The fraction of sp³-hybridized carbons (Fsp3) is 0.478. The number of hydrogen-bond donors (Lipinski definition) is 8. The lowest BCUT2D eigenvalue weighted by Gasteiger charge is -2.19. The summed E-state index contributed by atoms with van der Waals surface area (Å²) in [6, 6.07) is 11.3. The summed E-state index contributed by atoms with van der Waals surface area (Å²) in [7, 11) is 14.0. The average Bonchev–Trinajstić information content (AvgIpc) is 3.77. The summed E-state index contributed by atoms with van der Waals surface area (Å²) in [5.41, 5.74) is 23.7. The number of ketones is 1. The van der Waals surface area contributed by atoms with Gasteiger partial charge in [0.1, 0.15) is 11.4 Å². The highest BCUT2D eigenvalue weighted by Gasteiger charge is 2.15. The summed E-state index contributed by atoms with van der Waals surface area (Å²) >= 11 is 0. The predicted octanol–water partition coefficient (Wildman–Crippen LogP) is 14.9. The van der Waals surface area contributed by atoms with Crippen molar-refractivity contribution >= 4 is 134 Å². The molecular weight excluding hydrogens is 1340 g/mol. The van der Waals surface area contributed by atoms with Crippen LogP contribution in [0.1, 0.15) is 128 Å². The van der Waals surface area contributed by atoms with Crippen LogP contribution in [0.15, 0.2) is 153 Å². The van der Waals surface area contributed by atoms with Crippen molar-refractivity contribution in [3.8, 4) is 0 Å². The zero-order chi connectivity index (χ0) is 69.3. The number of unbranched alkanes of at least 4 members (excludes halogenated alkanes) is 1. The lowest BCUT2D eigenvalue weighted by Crippen LogP contribution is -2.33. The molecule has 0 saturated carbocycles. The number of alkyl carbamates (subject to hydrolysis) is 1. The molecule has 0 fully saturated rings. The number of ether oxygens (including phenoxy) is 1. The molecule has 3 rings (SSSR count). The van der Waals surface area contributed by atoms with Gasteiger partial charge in [-0.25, -0.2) is 4.79 Å². The van der Waals surface area contributed by atoms with E-state index in [4.69, 9.17) is 32.8 Å². The number of amides is 3. The number of carbonyl (C=O) groups is 5. The standard InChI is InChI=1S/C34H48N2O2S2.C13H19N3OS2.C9H20N2O2S2.C9H9NO2.C4H12N2S2/c1-2-3-4-5-6-7-8-9-10-11-12-13-14-15-16-17-18-24-33(37)25-21-29-39-40-30-28-36-34(38)26-19-22-32-23-20-27-35-31-32;14-6-9-18-19-10-8-16-13(17)5-1-3-12-4-2-7-15-11-12;1-9(2,3)13-8(12)11-5-7-15-14-6-4-10;11-9(12)5-1-3-8-4-2-6-10-7-8;5-1-3-7-8-4-2-6/h3-4,6-7,9-10,12-13,15-16,19-20,22-23,27,31H,2,5,8,11,14,17-18,21,24-26,28-30H2,1H3,(H,36,38);1-4,7,11H,5-6,8-10,14H2,(H,16,17);4-7,10H2,1-3H3,(H,11,12);1-4,6-7H,5H2,(H,11,12);1-6H2/b4-3-,7-6-,10-9-,13-12-,16-15-,22-19+;3-1+;;3-1+;. The summed E-state index contributed by atoms with van der Waals surface area (Å²) in [5, 5.41) is 16.8. The summed E-state index contributed by atoms with van der Waals surface area (Å²) < 4.78 is 5.08. The molecule has 0 aliphatic heterocycles. The number of aliphatic carboxylic acids is 1. The van der Waals surface area contributed by atoms with E-state index in [1.807, 2.05) is 75.4 Å². The second kappa shape index (κ2) is 72.6. The minimum atomic E-state index is -0.824. The first-order chi connectivity index (χ1) is 45.7. The van der Waals surface area contributed by atoms with Gasteiger partial charge in [0.05, 0.1) is 6.42 Å². The first kappa shape index (κ1) is 91.4. The van der Waals surface area contributed by atoms with Gasteiger partial charge in [-0.05, 0) is 107 Å². The van der Waals surface area contributed by atoms with Crippen LogP contribution in [0, 0.1) is 0 Å². The van der Waals surface area contributed by atoms with Crippen molar-refractivity contribution < 1.29 is 33.8 Å². The SMILES string of the molecule is CC(C)(C)OC(=O)NCCSSCCN.CC/C=C\C/C=C\C/C=C\C/C=C\C/C=C\CCCC(=O)CCCSSCCNC(=O)C/C=C/c1cccnc1.NCCSSCCN.NCCSSCCNC(=O)C/C=C/c1cccnc1.O=C(O)C/C=C/c1cccnc1. The number of nitrogens with one attached hydrogen (secondary N) is 3. The van der Waals surface area contributed by atoms with E-state index in [0.717, 1.165) is 127 Å². The minimum absolute atomic E-state index is 0.0286. The van der Waals surface area contributed by atoms with E-state index in [0.29, 0.717) is 64.2 Å². The second-order valence-corrected chi connectivity index (χ2v) is 31.0. The number of rotatable bonds is 47. The van der Waals surface area contributed by atoms with Crippen LogP contribution >= 0.6 is 86.4 Å². The van der Waals surface area contributed by atoms with Gasteiger partial charge < -0.3 is 48.7 Å². The van der Waals surface area contributed by atoms with E-state index in [-0.39, 0.29) is 24.3 Å². The fourth-order valence-electron chi connectivity index (χ4n) is 6.34. The summed E-state index contributed by atoms with van der Waals surface area (Å²) in [6.45, 7) is 12.6. The van der Waals surface area contributed by atoms with Gasteiger partial charge in [-0.3, -0.25) is 34.1 Å². The first-order valence-electron chi connectivity index (χ1n) is 31.7. The highest BCUT2D eigenvalue weighted by atomic mass is 33.1. The van der Waals surface area contributed by atoms with Gasteiger partial charge in [-0.2, -0.15) is 0 Å². The Bertz CT molecular complexity index is 2520. The number of aromatic nitrogens is 3. The molecule has 0 bridgehead atoms. The van der Waals surface area contributed by atoms with Crippen LogP contribution in [-0.4, -0.2) is 147 Å². The second-order valence-electron chi connectivity index (χ2n) is 20.2. The molecule has 94 heavy (non-hydrogen) atoms. The van der Waals surface area contributed by atoms with Crippen LogP contribution in [0.3, 0.4) is 0 Å². The minimum Gasteiger partial charge on any atom is -0.481 e. The number of allylic oxidation sites excluding steroid dienone is 10. The third-order valence-electron chi connectivity index (χ3n) is 10.6. The molecular formula is C69H108N10O7S8. The van der Waals surface area contributed by atoms with Gasteiger partial charge in [0.2, 0.25) is 11.8 Å². The van der Waals surface area contributed by atoms with Crippen LogP contribution in [-0.2, 0) is 23.9 Å². The van der Waals surface area contributed by atoms with Crippen LogP contribution in [0.5, 0.6) is 0 Å². The molecule has 3 amide bonds. The Labute approximate surface area is 595 Å². The molecule has 0 aliphatic rings. The van der Waals surface area contributed by atoms with E-state index >= 15 is 0 Å². The maximum atomic E-state index is 12.1. The van der Waals surface area contributed by atoms with Crippen molar-refractivity contribution in [2.75, 3.05) is 91.8 Å². The molecule has 0 saturated heterocycles. The van der Waals surface area contributed by atoms with Crippen molar-refractivity contribution in [1.29, 1.82) is 0 Å². The Morgan fingerprint density at radius 3 is 1.18 bits per heavy atom. The third-order valence-corrected chi connectivity index (χ3v) is 20.4.